The van der Waals surface area contributed by atoms with Gasteiger partial charge in [0.25, 0.3) is 0 Å². The molecule has 1 atom stereocenters. The summed E-state index contributed by atoms with van der Waals surface area (Å²) in [5, 5.41) is 0. The fourth-order valence-corrected chi connectivity index (χ4v) is 1.56. The third-order valence-corrected chi connectivity index (χ3v) is 2.89. The molecule has 19 heavy (non-hydrogen) atoms. The molecule has 1 aromatic heterocycles. The summed E-state index contributed by atoms with van der Waals surface area (Å²) in [4.78, 5) is 17.8. The lowest BCUT2D eigenvalue weighted by Gasteiger charge is -2.24. The highest BCUT2D eigenvalue weighted by molar-refractivity contribution is 5.77. The molecule has 1 unspecified atom stereocenters. The first kappa shape index (κ1) is 15.6. The third-order valence-electron chi connectivity index (χ3n) is 2.89. The van der Waals surface area contributed by atoms with E-state index in [9.17, 15) is 4.79 Å². The first-order chi connectivity index (χ1) is 9.16. The van der Waals surface area contributed by atoms with Crippen molar-refractivity contribution in [1.82, 2.24) is 9.88 Å². The van der Waals surface area contributed by atoms with E-state index in [2.05, 4.69) is 4.98 Å². The average molecular weight is 266 g/mol. The van der Waals surface area contributed by atoms with Crippen LogP contribution in [0.2, 0.25) is 0 Å². The van der Waals surface area contributed by atoms with Crippen LogP contribution in [-0.2, 0) is 14.3 Å². The highest BCUT2D eigenvalue weighted by atomic mass is 16.5. The van der Waals surface area contributed by atoms with Crippen molar-refractivity contribution in [3.05, 3.63) is 30.1 Å². The second-order valence-electron chi connectivity index (χ2n) is 4.18. The molecule has 0 aromatic carbocycles. The molecule has 1 rings (SSSR count). The molecule has 0 aliphatic rings. The van der Waals surface area contributed by atoms with Gasteiger partial charge < -0.3 is 14.4 Å². The van der Waals surface area contributed by atoms with E-state index in [0.717, 1.165) is 5.69 Å². The lowest BCUT2D eigenvalue weighted by Crippen LogP contribution is -2.33. The van der Waals surface area contributed by atoms with Crippen molar-refractivity contribution in [2.24, 2.45) is 0 Å². The van der Waals surface area contributed by atoms with Gasteiger partial charge in [0.2, 0.25) is 5.91 Å². The largest absolute Gasteiger partial charge is 0.379 e. The van der Waals surface area contributed by atoms with E-state index < -0.39 is 0 Å². The Morgan fingerprint density at radius 1 is 1.37 bits per heavy atom. The number of ether oxygens (including phenoxy) is 2. The van der Waals surface area contributed by atoms with E-state index >= 15 is 0 Å². The van der Waals surface area contributed by atoms with Gasteiger partial charge in [-0.1, -0.05) is 6.07 Å². The molecule has 0 radical (unpaired) electrons. The molecule has 0 saturated carbocycles. The minimum atomic E-state index is -0.0656. The lowest BCUT2D eigenvalue weighted by atomic mass is 10.2. The van der Waals surface area contributed by atoms with Gasteiger partial charge in [-0.3, -0.25) is 9.78 Å². The van der Waals surface area contributed by atoms with E-state index in [-0.39, 0.29) is 18.6 Å². The van der Waals surface area contributed by atoms with E-state index in [1.54, 1.807) is 18.1 Å². The molecular weight excluding hydrogens is 244 g/mol. The molecule has 0 aliphatic heterocycles. The molecule has 1 amide bonds. The molecule has 106 valence electrons. The molecule has 1 aromatic rings. The van der Waals surface area contributed by atoms with Crippen LogP contribution in [0.3, 0.4) is 0 Å². The quantitative estimate of drug-likeness (QED) is 0.671. The summed E-state index contributed by atoms with van der Waals surface area (Å²) in [7, 11) is 1.76. The summed E-state index contributed by atoms with van der Waals surface area (Å²) in [6, 6.07) is 5.61. The number of carbonyl (C=O) groups excluding carboxylic acids is 1. The van der Waals surface area contributed by atoms with E-state index in [4.69, 9.17) is 9.47 Å². The highest BCUT2D eigenvalue weighted by Gasteiger charge is 2.17. The average Bonchev–Trinajstić information content (AvgIpc) is 2.46. The standard InChI is InChI=1S/C14H22N2O3/c1-4-18-9-10-19-11-14(17)16(3)12(2)13-7-5-6-8-15-13/h5-8,12H,4,9-11H2,1-3H3. The van der Waals surface area contributed by atoms with Crippen LogP contribution < -0.4 is 0 Å². The van der Waals surface area contributed by atoms with Crippen LogP contribution >= 0.6 is 0 Å². The van der Waals surface area contributed by atoms with Gasteiger partial charge >= 0.3 is 0 Å². The number of pyridine rings is 1. The zero-order chi connectivity index (χ0) is 14.1. The summed E-state index contributed by atoms with van der Waals surface area (Å²) in [6.45, 7) is 5.55. The SMILES string of the molecule is CCOCCOCC(=O)N(C)C(C)c1ccccn1. The van der Waals surface area contributed by atoms with Gasteiger partial charge in [-0.15, -0.1) is 0 Å². The van der Waals surface area contributed by atoms with Crippen molar-refractivity contribution in [3.8, 4) is 0 Å². The maximum atomic E-state index is 11.9. The summed E-state index contributed by atoms with van der Waals surface area (Å²) < 4.78 is 10.4. The highest BCUT2D eigenvalue weighted by Crippen LogP contribution is 2.15. The van der Waals surface area contributed by atoms with Gasteiger partial charge in [-0.25, -0.2) is 0 Å². The second-order valence-corrected chi connectivity index (χ2v) is 4.18. The maximum absolute atomic E-state index is 11.9. The van der Waals surface area contributed by atoms with Gasteiger partial charge in [-0.05, 0) is 26.0 Å². The monoisotopic (exact) mass is 266 g/mol. The Bertz CT molecular complexity index is 370. The van der Waals surface area contributed by atoms with E-state index in [1.165, 1.54) is 0 Å². The fraction of sp³-hybridized carbons (Fsp3) is 0.571. The van der Waals surface area contributed by atoms with Crippen LogP contribution in [0.4, 0.5) is 0 Å². The minimum Gasteiger partial charge on any atom is -0.379 e. The summed E-state index contributed by atoms with van der Waals surface area (Å²) >= 11 is 0. The first-order valence-electron chi connectivity index (χ1n) is 6.49. The van der Waals surface area contributed by atoms with E-state index in [1.807, 2.05) is 32.0 Å². The zero-order valence-electron chi connectivity index (χ0n) is 11.8. The number of carbonyl (C=O) groups is 1. The predicted molar refractivity (Wildman–Crippen MR) is 72.7 cm³/mol. The summed E-state index contributed by atoms with van der Waals surface area (Å²) in [6.07, 6.45) is 1.72. The molecule has 0 N–H and O–H groups in total. The number of amides is 1. The van der Waals surface area contributed by atoms with Gasteiger partial charge in [0.05, 0.1) is 24.9 Å². The number of hydrogen-bond donors (Lipinski definition) is 0. The van der Waals surface area contributed by atoms with E-state index in [0.29, 0.717) is 19.8 Å². The van der Waals surface area contributed by atoms with Crippen LogP contribution in [0, 0.1) is 0 Å². The normalized spacial score (nSPS) is 12.2. The van der Waals surface area contributed by atoms with Crippen molar-refractivity contribution >= 4 is 5.91 Å². The number of rotatable bonds is 8. The number of hydrogen-bond acceptors (Lipinski definition) is 4. The topological polar surface area (TPSA) is 51.7 Å². The van der Waals surface area contributed by atoms with Crippen LogP contribution in [0.5, 0.6) is 0 Å². The molecule has 5 heteroatoms. The second kappa shape index (κ2) is 8.61. The number of aromatic nitrogens is 1. The first-order valence-corrected chi connectivity index (χ1v) is 6.49. The van der Waals surface area contributed by atoms with Crippen LogP contribution in [-0.4, -0.2) is 49.3 Å². The molecule has 1 heterocycles. The lowest BCUT2D eigenvalue weighted by molar-refractivity contribution is -0.137. The van der Waals surface area contributed by atoms with Gasteiger partial charge in [0.15, 0.2) is 0 Å². The summed E-state index contributed by atoms with van der Waals surface area (Å²) in [5.74, 6) is -0.0605. The van der Waals surface area contributed by atoms with Crippen molar-refractivity contribution in [2.75, 3.05) is 33.5 Å². The Hall–Kier alpha value is -1.46. The zero-order valence-corrected chi connectivity index (χ0v) is 11.8. The molecule has 0 bridgehead atoms. The van der Waals surface area contributed by atoms with Gasteiger partial charge in [0, 0.05) is 19.9 Å². The Balaban J connectivity index is 2.35. The Morgan fingerprint density at radius 3 is 2.74 bits per heavy atom. The molecule has 5 nitrogen and oxygen atoms in total. The fourth-order valence-electron chi connectivity index (χ4n) is 1.56. The molecule has 0 saturated heterocycles. The minimum absolute atomic E-state index is 0.0605. The summed E-state index contributed by atoms with van der Waals surface area (Å²) in [5.41, 5.74) is 0.868. The smallest absolute Gasteiger partial charge is 0.248 e. The number of likely N-dealkylation sites (N-methyl/N-ethyl adjacent to an activating group) is 1. The predicted octanol–water partition coefficient (Wildman–Crippen LogP) is 1.65. The Labute approximate surface area is 114 Å². The third kappa shape index (κ3) is 5.36. The maximum Gasteiger partial charge on any atom is 0.248 e. The Morgan fingerprint density at radius 2 is 2.11 bits per heavy atom. The van der Waals surface area contributed by atoms with Gasteiger partial charge in [0.1, 0.15) is 6.61 Å². The van der Waals surface area contributed by atoms with Crippen LogP contribution in [0.15, 0.2) is 24.4 Å². The molecule has 0 fully saturated rings. The molecular formula is C14H22N2O3. The van der Waals surface area contributed by atoms with Gasteiger partial charge in [-0.2, -0.15) is 0 Å². The molecule has 0 spiro atoms. The Kier molecular flexibility index (Phi) is 7.07. The van der Waals surface area contributed by atoms with Crippen LogP contribution in [0.25, 0.3) is 0 Å². The molecule has 0 aliphatic carbocycles. The van der Waals surface area contributed by atoms with Crippen LogP contribution in [0.1, 0.15) is 25.6 Å². The van der Waals surface area contributed by atoms with Crippen molar-refractivity contribution in [3.63, 3.8) is 0 Å². The van der Waals surface area contributed by atoms with Crippen molar-refractivity contribution in [2.45, 2.75) is 19.9 Å². The number of nitrogens with zero attached hydrogens (tertiary/aromatic N) is 2. The van der Waals surface area contributed by atoms with Crippen molar-refractivity contribution < 1.29 is 14.3 Å². The van der Waals surface area contributed by atoms with Crippen molar-refractivity contribution in [1.29, 1.82) is 0 Å².